The molecule has 2 aliphatic rings. The number of ether oxygens (including phenoxy) is 2. The lowest BCUT2D eigenvalue weighted by molar-refractivity contribution is 0.197. The minimum atomic E-state index is -0.213. The number of tetrazole rings is 1. The number of hydrogen-bond acceptors (Lipinski definition) is 7. The molecule has 5 rings (SSSR count). The molecule has 1 saturated carbocycles. The van der Waals surface area contributed by atoms with Crippen LogP contribution in [0.2, 0.25) is 0 Å². The Morgan fingerprint density at radius 2 is 1.60 bits per heavy atom. The van der Waals surface area contributed by atoms with Crippen molar-refractivity contribution in [2.24, 2.45) is 0 Å². The second-order valence-electron chi connectivity index (χ2n) is 8.94. The van der Waals surface area contributed by atoms with Gasteiger partial charge in [-0.25, -0.2) is 9.07 Å². The fourth-order valence-corrected chi connectivity index (χ4v) is 5.23. The first-order chi connectivity index (χ1) is 16.7. The summed E-state index contributed by atoms with van der Waals surface area (Å²) in [6, 6.07) is 13.0. The van der Waals surface area contributed by atoms with Crippen molar-refractivity contribution in [2.75, 3.05) is 45.3 Å². The van der Waals surface area contributed by atoms with Gasteiger partial charge in [-0.05, 0) is 65.2 Å². The third-order valence-electron chi connectivity index (χ3n) is 7.03. The van der Waals surface area contributed by atoms with Gasteiger partial charge in [0.2, 0.25) is 0 Å². The summed E-state index contributed by atoms with van der Waals surface area (Å²) in [6.45, 7) is 3.32. The second kappa shape index (κ2) is 11.2. The van der Waals surface area contributed by atoms with Crippen LogP contribution in [0.3, 0.4) is 0 Å². The van der Waals surface area contributed by atoms with E-state index in [2.05, 4.69) is 31.4 Å². The minimum Gasteiger partial charge on any atom is -0.493 e. The summed E-state index contributed by atoms with van der Waals surface area (Å²) >= 11 is 0. The van der Waals surface area contributed by atoms with Crippen molar-refractivity contribution in [1.82, 2.24) is 25.1 Å². The first-order valence-corrected chi connectivity index (χ1v) is 11.9. The molecule has 1 atom stereocenters. The number of piperazine rings is 1. The Morgan fingerprint density at radius 3 is 2.26 bits per heavy atom. The molecule has 2 fully saturated rings. The first-order valence-electron chi connectivity index (χ1n) is 11.9. The van der Waals surface area contributed by atoms with Gasteiger partial charge in [-0.2, -0.15) is 0 Å². The van der Waals surface area contributed by atoms with Crippen LogP contribution < -0.4 is 14.4 Å². The lowest BCUT2D eigenvalue weighted by Crippen LogP contribution is -2.48. The maximum Gasteiger partial charge on any atom is 0.173 e. The monoisotopic (exact) mass is 502 g/mol. The van der Waals surface area contributed by atoms with Gasteiger partial charge in [0.15, 0.2) is 17.3 Å². The molecule has 8 nitrogen and oxygen atoms in total. The Hall–Kier alpha value is -2.91. The van der Waals surface area contributed by atoms with Crippen LogP contribution in [0.4, 0.5) is 10.1 Å². The van der Waals surface area contributed by atoms with E-state index in [0.29, 0.717) is 17.5 Å². The second-order valence-corrected chi connectivity index (χ2v) is 8.94. The molecule has 0 N–H and O–H groups in total. The number of nitrogens with zero attached hydrogens (tertiary/aromatic N) is 6. The Kier molecular flexibility index (Phi) is 8.07. The molecule has 0 radical (unpaired) electrons. The molecule has 0 bridgehead atoms. The molecule has 2 heterocycles. The number of anilines is 1. The van der Waals surface area contributed by atoms with Crippen molar-refractivity contribution < 1.29 is 13.9 Å². The number of halogens is 2. The fraction of sp³-hybridized carbons (Fsp3) is 0.480. The summed E-state index contributed by atoms with van der Waals surface area (Å²) in [5, 5.41) is 13.0. The van der Waals surface area contributed by atoms with E-state index < -0.39 is 0 Å². The van der Waals surface area contributed by atoms with Crippen LogP contribution in [0.25, 0.3) is 0 Å². The standard InChI is InChI=1S/C25H31FN6O2.ClH/c1-33-22-12-7-18(17-23(22)34-2)24(25-27-28-29-32(25)21-5-3-4-6-21)31-15-13-30(14-16-31)20-10-8-19(26)9-11-20;/h7-12,17,21,24H,3-6,13-16H2,1-2H3;1H. The molecule has 1 aliphatic carbocycles. The van der Waals surface area contributed by atoms with Gasteiger partial charge in [0.05, 0.1) is 26.3 Å². The Bertz CT molecular complexity index is 1100. The number of hydrogen-bond donors (Lipinski definition) is 0. The maximum atomic E-state index is 13.4. The first kappa shape index (κ1) is 25.2. The molecule has 188 valence electrons. The SMILES string of the molecule is COc1ccc(C(c2nnnn2C2CCCC2)N2CCN(c3ccc(F)cc3)CC2)cc1OC.Cl. The van der Waals surface area contributed by atoms with Gasteiger partial charge >= 0.3 is 0 Å². The molecular weight excluding hydrogens is 471 g/mol. The Labute approximate surface area is 211 Å². The van der Waals surface area contributed by atoms with Gasteiger partial charge in [0.1, 0.15) is 5.82 Å². The highest BCUT2D eigenvalue weighted by Gasteiger charge is 2.33. The lowest BCUT2D eigenvalue weighted by Gasteiger charge is -2.40. The minimum absolute atomic E-state index is 0. The molecule has 1 aliphatic heterocycles. The van der Waals surface area contributed by atoms with Crippen LogP contribution in [0.15, 0.2) is 42.5 Å². The zero-order chi connectivity index (χ0) is 23.5. The molecular formula is C25H32ClFN6O2. The zero-order valence-electron chi connectivity index (χ0n) is 20.1. The van der Waals surface area contributed by atoms with Crippen molar-refractivity contribution in [3.05, 3.63) is 59.7 Å². The lowest BCUT2D eigenvalue weighted by atomic mass is 10.0. The van der Waals surface area contributed by atoms with Crippen molar-refractivity contribution in [1.29, 1.82) is 0 Å². The molecule has 1 aromatic heterocycles. The van der Waals surface area contributed by atoms with Crippen LogP contribution in [-0.2, 0) is 0 Å². The summed E-state index contributed by atoms with van der Waals surface area (Å²) < 4.78 is 26.5. The van der Waals surface area contributed by atoms with Gasteiger partial charge in [0, 0.05) is 31.9 Å². The largest absolute Gasteiger partial charge is 0.493 e. The molecule has 35 heavy (non-hydrogen) atoms. The third-order valence-corrected chi connectivity index (χ3v) is 7.03. The van der Waals surface area contributed by atoms with Gasteiger partial charge in [-0.15, -0.1) is 17.5 Å². The summed E-state index contributed by atoms with van der Waals surface area (Å²) in [4.78, 5) is 4.72. The van der Waals surface area contributed by atoms with E-state index in [1.54, 1.807) is 14.2 Å². The molecule has 2 aromatic carbocycles. The van der Waals surface area contributed by atoms with Gasteiger partial charge in [-0.3, -0.25) is 4.90 Å². The smallest absolute Gasteiger partial charge is 0.173 e. The van der Waals surface area contributed by atoms with Gasteiger partial charge in [-0.1, -0.05) is 18.9 Å². The van der Waals surface area contributed by atoms with Crippen LogP contribution in [-0.4, -0.2) is 65.5 Å². The van der Waals surface area contributed by atoms with E-state index in [1.807, 2.05) is 28.9 Å². The van der Waals surface area contributed by atoms with E-state index in [1.165, 1.54) is 25.0 Å². The highest BCUT2D eigenvalue weighted by Crippen LogP contribution is 2.37. The Balaban J connectivity index is 0.00000289. The summed E-state index contributed by atoms with van der Waals surface area (Å²) in [5.74, 6) is 2.04. The van der Waals surface area contributed by atoms with Crippen molar-refractivity contribution in [2.45, 2.75) is 37.8 Å². The van der Waals surface area contributed by atoms with E-state index >= 15 is 0 Å². The molecule has 3 aromatic rings. The summed E-state index contributed by atoms with van der Waals surface area (Å²) in [5.41, 5.74) is 2.11. The number of aromatic nitrogens is 4. The van der Waals surface area contributed by atoms with E-state index in [4.69, 9.17) is 9.47 Å². The predicted molar refractivity (Wildman–Crippen MR) is 134 cm³/mol. The topological polar surface area (TPSA) is 68.5 Å². The summed E-state index contributed by atoms with van der Waals surface area (Å²) in [7, 11) is 3.30. The van der Waals surface area contributed by atoms with E-state index in [0.717, 1.165) is 56.1 Å². The van der Waals surface area contributed by atoms with Crippen LogP contribution in [0.5, 0.6) is 11.5 Å². The van der Waals surface area contributed by atoms with Crippen molar-refractivity contribution in [3.63, 3.8) is 0 Å². The number of methoxy groups -OCH3 is 2. The molecule has 1 saturated heterocycles. The summed E-state index contributed by atoms with van der Waals surface area (Å²) in [6.07, 6.45) is 4.63. The molecule has 0 spiro atoms. The number of rotatable bonds is 7. The predicted octanol–water partition coefficient (Wildman–Crippen LogP) is 4.28. The van der Waals surface area contributed by atoms with Crippen LogP contribution in [0.1, 0.15) is 49.2 Å². The van der Waals surface area contributed by atoms with Crippen LogP contribution in [0, 0.1) is 5.82 Å². The zero-order valence-corrected chi connectivity index (χ0v) is 21.0. The molecule has 1 unspecified atom stereocenters. The quantitative estimate of drug-likeness (QED) is 0.477. The number of benzene rings is 2. The van der Waals surface area contributed by atoms with E-state index in [-0.39, 0.29) is 24.3 Å². The van der Waals surface area contributed by atoms with Gasteiger partial charge in [0.25, 0.3) is 0 Å². The van der Waals surface area contributed by atoms with E-state index in [9.17, 15) is 4.39 Å². The van der Waals surface area contributed by atoms with Crippen molar-refractivity contribution >= 4 is 18.1 Å². The normalized spacial score (nSPS) is 17.7. The van der Waals surface area contributed by atoms with Crippen molar-refractivity contribution in [3.8, 4) is 11.5 Å². The third kappa shape index (κ3) is 5.21. The average molecular weight is 503 g/mol. The molecule has 0 amide bonds. The van der Waals surface area contributed by atoms with Gasteiger partial charge < -0.3 is 14.4 Å². The fourth-order valence-electron chi connectivity index (χ4n) is 5.23. The van der Waals surface area contributed by atoms with Crippen LogP contribution >= 0.6 is 12.4 Å². The Morgan fingerprint density at radius 1 is 0.914 bits per heavy atom. The average Bonchev–Trinajstić information content (AvgIpc) is 3.57. The maximum absolute atomic E-state index is 13.4. The highest BCUT2D eigenvalue weighted by molar-refractivity contribution is 5.85. The highest BCUT2D eigenvalue weighted by atomic mass is 35.5. The molecule has 10 heteroatoms.